The van der Waals surface area contributed by atoms with Gasteiger partial charge in [0.05, 0.1) is 13.7 Å². The summed E-state index contributed by atoms with van der Waals surface area (Å²) in [6.45, 7) is 0.171. The molecule has 0 heterocycles. The maximum absolute atomic E-state index is 11.1. The van der Waals surface area contributed by atoms with Crippen molar-refractivity contribution in [2.45, 2.75) is 6.61 Å². The number of methoxy groups -OCH3 is 1. The summed E-state index contributed by atoms with van der Waals surface area (Å²) in [5.74, 6) is 4.16. The van der Waals surface area contributed by atoms with E-state index in [-0.39, 0.29) is 17.9 Å². The zero-order chi connectivity index (χ0) is 10.6. The van der Waals surface area contributed by atoms with Gasteiger partial charge in [-0.15, -0.1) is 0 Å². The molecular formula is C9H11NO4. The Morgan fingerprint density at radius 1 is 1.57 bits per heavy atom. The van der Waals surface area contributed by atoms with E-state index in [4.69, 9.17) is 5.90 Å². The number of hydrogen-bond donors (Lipinski definition) is 2. The van der Waals surface area contributed by atoms with Gasteiger partial charge in [0, 0.05) is 0 Å². The van der Waals surface area contributed by atoms with Gasteiger partial charge >= 0.3 is 5.97 Å². The first-order valence-corrected chi connectivity index (χ1v) is 3.91. The van der Waals surface area contributed by atoms with E-state index < -0.39 is 5.97 Å². The highest BCUT2D eigenvalue weighted by Gasteiger charge is 2.11. The Hall–Kier alpha value is -1.59. The van der Waals surface area contributed by atoms with Crippen LogP contribution in [0.15, 0.2) is 18.2 Å². The topological polar surface area (TPSA) is 81.8 Å². The number of nitrogens with two attached hydrogens (primary N) is 1. The van der Waals surface area contributed by atoms with Crippen molar-refractivity contribution in [2.75, 3.05) is 7.11 Å². The maximum Gasteiger partial charge on any atom is 0.341 e. The number of aromatic hydroxyl groups is 1. The van der Waals surface area contributed by atoms with Gasteiger partial charge in [0.25, 0.3) is 0 Å². The number of phenols is 1. The molecule has 0 aliphatic carbocycles. The Bertz CT molecular complexity index is 338. The summed E-state index contributed by atoms with van der Waals surface area (Å²) in [6.07, 6.45) is 0. The third-order valence-corrected chi connectivity index (χ3v) is 1.72. The molecule has 0 aromatic heterocycles. The minimum Gasteiger partial charge on any atom is -0.507 e. The fourth-order valence-electron chi connectivity index (χ4n) is 1.04. The molecule has 0 amide bonds. The Morgan fingerprint density at radius 3 is 2.86 bits per heavy atom. The van der Waals surface area contributed by atoms with Crippen LogP contribution in [0.5, 0.6) is 5.75 Å². The first-order valence-electron chi connectivity index (χ1n) is 3.91. The number of carbonyl (C=O) groups is 1. The van der Waals surface area contributed by atoms with E-state index in [1.807, 2.05) is 0 Å². The molecule has 0 aliphatic heterocycles. The normalized spacial score (nSPS) is 9.86. The van der Waals surface area contributed by atoms with Crippen LogP contribution in [0.3, 0.4) is 0 Å². The van der Waals surface area contributed by atoms with Crippen LogP contribution in [0.25, 0.3) is 0 Å². The van der Waals surface area contributed by atoms with Gasteiger partial charge in [-0.05, 0) is 17.7 Å². The fraction of sp³-hybridized carbons (Fsp3) is 0.222. The smallest absolute Gasteiger partial charge is 0.341 e. The van der Waals surface area contributed by atoms with Gasteiger partial charge in [0.2, 0.25) is 0 Å². The predicted molar refractivity (Wildman–Crippen MR) is 48.4 cm³/mol. The minimum atomic E-state index is -0.596. The summed E-state index contributed by atoms with van der Waals surface area (Å²) in [5.41, 5.74) is 0.785. The highest BCUT2D eigenvalue weighted by Crippen LogP contribution is 2.19. The van der Waals surface area contributed by atoms with Crippen LogP contribution in [0, 0.1) is 0 Å². The maximum atomic E-state index is 11.1. The molecule has 0 atom stereocenters. The molecule has 14 heavy (non-hydrogen) atoms. The van der Waals surface area contributed by atoms with E-state index in [1.54, 1.807) is 6.07 Å². The van der Waals surface area contributed by atoms with Gasteiger partial charge < -0.3 is 9.84 Å². The minimum absolute atomic E-state index is 0.0991. The molecule has 3 N–H and O–H groups in total. The van der Waals surface area contributed by atoms with Gasteiger partial charge in [0.1, 0.15) is 11.3 Å². The monoisotopic (exact) mass is 197 g/mol. The van der Waals surface area contributed by atoms with E-state index in [0.717, 1.165) is 0 Å². The molecule has 0 spiro atoms. The third kappa shape index (κ3) is 2.21. The number of carbonyl (C=O) groups excluding carboxylic acids is 1. The molecule has 1 aromatic carbocycles. The van der Waals surface area contributed by atoms with Gasteiger partial charge in [-0.25, -0.2) is 10.7 Å². The number of phenolic OH excluding ortho intramolecular Hbond substituents is 1. The van der Waals surface area contributed by atoms with Gasteiger partial charge in [0.15, 0.2) is 0 Å². The highest BCUT2D eigenvalue weighted by atomic mass is 16.6. The molecule has 5 heteroatoms. The van der Waals surface area contributed by atoms with E-state index in [1.165, 1.54) is 19.2 Å². The lowest BCUT2D eigenvalue weighted by atomic mass is 10.1. The molecule has 5 nitrogen and oxygen atoms in total. The van der Waals surface area contributed by atoms with E-state index in [2.05, 4.69) is 9.57 Å². The SMILES string of the molecule is COC(=O)c1cc(CON)ccc1O. The van der Waals surface area contributed by atoms with Crippen LogP contribution in [0.1, 0.15) is 15.9 Å². The summed E-state index contributed by atoms with van der Waals surface area (Å²) in [6, 6.07) is 4.46. The molecule has 0 unspecified atom stereocenters. The summed E-state index contributed by atoms with van der Waals surface area (Å²) in [4.78, 5) is 15.5. The second kappa shape index (κ2) is 4.59. The largest absolute Gasteiger partial charge is 0.507 e. The number of hydrogen-bond acceptors (Lipinski definition) is 5. The molecule has 0 fully saturated rings. The number of ether oxygens (including phenoxy) is 1. The number of esters is 1. The lowest BCUT2D eigenvalue weighted by molar-refractivity contribution is 0.0597. The van der Waals surface area contributed by atoms with Crippen molar-refractivity contribution in [3.63, 3.8) is 0 Å². The Labute approximate surface area is 81.0 Å². The van der Waals surface area contributed by atoms with Gasteiger partial charge in [-0.3, -0.25) is 4.84 Å². The molecule has 0 saturated heterocycles. The van der Waals surface area contributed by atoms with Crippen LogP contribution in [0.4, 0.5) is 0 Å². The second-order valence-corrected chi connectivity index (χ2v) is 2.65. The molecule has 0 radical (unpaired) electrons. The van der Waals surface area contributed by atoms with Crippen LogP contribution in [0.2, 0.25) is 0 Å². The fourth-order valence-corrected chi connectivity index (χ4v) is 1.04. The zero-order valence-electron chi connectivity index (χ0n) is 7.69. The van der Waals surface area contributed by atoms with Crippen molar-refractivity contribution in [1.29, 1.82) is 0 Å². The van der Waals surface area contributed by atoms with Crippen molar-refractivity contribution in [3.8, 4) is 5.75 Å². The molecule has 0 bridgehead atoms. The highest BCUT2D eigenvalue weighted by molar-refractivity contribution is 5.92. The second-order valence-electron chi connectivity index (χ2n) is 2.65. The van der Waals surface area contributed by atoms with Crippen LogP contribution in [-0.4, -0.2) is 18.2 Å². The van der Waals surface area contributed by atoms with Crippen LogP contribution >= 0.6 is 0 Å². The lowest BCUT2D eigenvalue weighted by Crippen LogP contribution is -2.04. The molecule has 0 saturated carbocycles. The van der Waals surface area contributed by atoms with E-state index in [9.17, 15) is 9.90 Å². The average molecular weight is 197 g/mol. The third-order valence-electron chi connectivity index (χ3n) is 1.72. The zero-order valence-corrected chi connectivity index (χ0v) is 7.69. The number of benzene rings is 1. The molecule has 1 aromatic rings. The Balaban J connectivity index is 3.01. The summed E-state index contributed by atoms with van der Waals surface area (Å²) in [5, 5.41) is 9.33. The van der Waals surface area contributed by atoms with Crippen molar-refractivity contribution in [2.24, 2.45) is 5.90 Å². The van der Waals surface area contributed by atoms with Crippen molar-refractivity contribution >= 4 is 5.97 Å². The summed E-state index contributed by atoms with van der Waals surface area (Å²) >= 11 is 0. The first kappa shape index (κ1) is 10.5. The molecular weight excluding hydrogens is 186 g/mol. The van der Waals surface area contributed by atoms with Gasteiger partial charge in [-0.2, -0.15) is 0 Å². The first-order chi connectivity index (χ1) is 6.69. The predicted octanol–water partition coefficient (Wildman–Crippen LogP) is 0.569. The van der Waals surface area contributed by atoms with Crippen molar-refractivity contribution in [1.82, 2.24) is 0 Å². The molecule has 0 aliphatic rings. The van der Waals surface area contributed by atoms with Crippen LogP contribution in [-0.2, 0) is 16.2 Å². The molecule has 1 rings (SSSR count). The number of rotatable bonds is 3. The van der Waals surface area contributed by atoms with Crippen molar-refractivity contribution in [3.05, 3.63) is 29.3 Å². The Kier molecular flexibility index (Phi) is 3.44. The standard InChI is InChI=1S/C9H11NO4/c1-13-9(12)7-4-6(5-14-10)2-3-8(7)11/h2-4,11H,5,10H2,1H3. The van der Waals surface area contributed by atoms with E-state index in [0.29, 0.717) is 5.56 Å². The van der Waals surface area contributed by atoms with E-state index >= 15 is 0 Å². The van der Waals surface area contributed by atoms with Gasteiger partial charge in [-0.1, -0.05) is 6.07 Å². The quantitative estimate of drug-likeness (QED) is 0.546. The average Bonchev–Trinajstić information content (AvgIpc) is 2.20. The van der Waals surface area contributed by atoms with Crippen molar-refractivity contribution < 1.29 is 19.5 Å². The Morgan fingerprint density at radius 2 is 2.29 bits per heavy atom. The lowest BCUT2D eigenvalue weighted by Gasteiger charge is -2.04. The van der Waals surface area contributed by atoms with Crippen LogP contribution < -0.4 is 5.90 Å². The summed E-state index contributed by atoms with van der Waals surface area (Å²) < 4.78 is 4.48. The summed E-state index contributed by atoms with van der Waals surface area (Å²) in [7, 11) is 1.24. The molecule has 76 valence electrons.